The fourth-order valence-corrected chi connectivity index (χ4v) is 2.89. The number of nitrogens with zero attached hydrogens (tertiary/aromatic N) is 1. The molecule has 1 aromatic rings. The minimum absolute atomic E-state index is 0.135. The molecule has 4 nitrogen and oxygen atoms in total. The molecule has 0 N–H and O–H groups in total. The molecule has 100 valence electrons. The Balaban J connectivity index is 3.43. The number of amides is 1. The van der Waals surface area contributed by atoms with Gasteiger partial charge in [0.05, 0.1) is 4.90 Å². The first kappa shape index (κ1) is 15.3. The van der Waals surface area contributed by atoms with Gasteiger partial charge in [-0.15, -0.1) is 0 Å². The van der Waals surface area contributed by atoms with E-state index in [0.717, 1.165) is 0 Å². The van der Waals surface area contributed by atoms with Crippen molar-refractivity contribution in [2.45, 2.75) is 18.7 Å². The molecular weight excluding hydrogens is 297 g/mol. The summed E-state index contributed by atoms with van der Waals surface area (Å²) in [6, 6.07) is 2.69. The summed E-state index contributed by atoms with van der Waals surface area (Å²) in [6.45, 7) is 3.86. The average Bonchev–Trinajstić information content (AvgIpc) is 2.28. The zero-order valence-electron chi connectivity index (χ0n) is 10.2. The van der Waals surface area contributed by atoms with E-state index in [0.29, 0.717) is 12.1 Å². The van der Waals surface area contributed by atoms with Crippen molar-refractivity contribution in [2.24, 2.45) is 0 Å². The van der Waals surface area contributed by atoms with Crippen molar-refractivity contribution in [1.82, 2.24) is 4.90 Å². The minimum Gasteiger partial charge on any atom is -0.342 e. The first-order valence-corrected chi connectivity index (χ1v) is 7.87. The predicted molar refractivity (Wildman–Crippen MR) is 71.9 cm³/mol. The van der Waals surface area contributed by atoms with Crippen molar-refractivity contribution in [3.8, 4) is 0 Å². The lowest BCUT2D eigenvalue weighted by atomic mass is 10.1. The third-order valence-electron chi connectivity index (χ3n) is 2.63. The first-order valence-electron chi connectivity index (χ1n) is 5.18. The van der Waals surface area contributed by atoms with E-state index in [9.17, 15) is 13.2 Å². The van der Waals surface area contributed by atoms with Gasteiger partial charge in [-0.3, -0.25) is 4.79 Å². The second-order valence-corrected chi connectivity index (χ2v) is 6.78. The standard InChI is InChI=1S/C11H13Cl2NO3S/c1-4-14(3)11(15)8-5-9(12)7(2)10(6-8)18(13,16)17/h5-6H,4H2,1-3H3. The third kappa shape index (κ3) is 3.16. The van der Waals surface area contributed by atoms with E-state index in [2.05, 4.69) is 0 Å². The summed E-state index contributed by atoms with van der Waals surface area (Å²) in [7, 11) is 3.00. The quantitative estimate of drug-likeness (QED) is 0.807. The van der Waals surface area contributed by atoms with Gasteiger partial charge < -0.3 is 4.90 Å². The number of hydrogen-bond donors (Lipinski definition) is 0. The number of halogens is 2. The van der Waals surface area contributed by atoms with Crippen molar-refractivity contribution in [2.75, 3.05) is 13.6 Å². The second-order valence-electron chi connectivity index (χ2n) is 3.84. The summed E-state index contributed by atoms with van der Waals surface area (Å²) in [5.41, 5.74) is 0.538. The van der Waals surface area contributed by atoms with Crippen LogP contribution in [0.4, 0.5) is 0 Å². The maximum absolute atomic E-state index is 11.9. The van der Waals surface area contributed by atoms with Crippen molar-refractivity contribution < 1.29 is 13.2 Å². The van der Waals surface area contributed by atoms with Crippen LogP contribution in [0.1, 0.15) is 22.8 Å². The maximum atomic E-state index is 11.9. The van der Waals surface area contributed by atoms with E-state index in [1.807, 2.05) is 6.92 Å². The lowest BCUT2D eigenvalue weighted by molar-refractivity contribution is 0.0802. The van der Waals surface area contributed by atoms with E-state index in [1.165, 1.54) is 24.0 Å². The highest BCUT2D eigenvalue weighted by Gasteiger charge is 2.20. The van der Waals surface area contributed by atoms with Crippen LogP contribution in [0.2, 0.25) is 5.02 Å². The number of hydrogen-bond acceptors (Lipinski definition) is 3. The smallest absolute Gasteiger partial charge is 0.261 e. The fraction of sp³-hybridized carbons (Fsp3) is 0.364. The topological polar surface area (TPSA) is 54.5 Å². The molecule has 18 heavy (non-hydrogen) atoms. The Kier molecular flexibility index (Phi) is 4.64. The summed E-state index contributed by atoms with van der Waals surface area (Å²) in [5, 5.41) is 0.199. The highest BCUT2D eigenvalue weighted by molar-refractivity contribution is 8.13. The Hall–Kier alpha value is -0.780. The van der Waals surface area contributed by atoms with Gasteiger partial charge in [0.2, 0.25) is 0 Å². The molecule has 1 rings (SSSR count). The van der Waals surface area contributed by atoms with Crippen molar-refractivity contribution in [3.63, 3.8) is 0 Å². The van der Waals surface area contributed by atoms with Crippen molar-refractivity contribution >= 4 is 37.2 Å². The van der Waals surface area contributed by atoms with E-state index < -0.39 is 9.05 Å². The van der Waals surface area contributed by atoms with Gasteiger partial charge in [0.1, 0.15) is 0 Å². The molecule has 0 bridgehead atoms. The Morgan fingerprint density at radius 3 is 2.39 bits per heavy atom. The number of carbonyl (C=O) groups is 1. The molecule has 0 unspecified atom stereocenters. The summed E-state index contributed by atoms with van der Waals surface area (Å²) < 4.78 is 22.8. The Bertz CT molecular complexity index is 584. The number of rotatable bonds is 3. The number of carbonyl (C=O) groups excluding carboxylic acids is 1. The largest absolute Gasteiger partial charge is 0.342 e. The van der Waals surface area contributed by atoms with Gasteiger partial charge in [-0.25, -0.2) is 8.42 Å². The van der Waals surface area contributed by atoms with E-state index >= 15 is 0 Å². The molecule has 0 spiro atoms. The third-order valence-corrected chi connectivity index (χ3v) is 4.47. The van der Waals surface area contributed by atoms with Crippen LogP contribution in [0.25, 0.3) is 0 Å². The molecule has 1 amide bonds. The van der Waals surface area contributed by atoms with Crippen LogP contribution in [-0.2, 0) is 9.05 Å². The minimum atomic E-state index is -3.93. The van der Waals surface area contributed by atoms with Crippen LogP contribution < -0.4 is 0 Å². The van der Waals surface area contributed by atoms with Crippen LogP contribution in [0, 0.1) is 6.92 Å². The predicted octanol–water partition coefficient (Wildman–Crippen LogP) is 2.67. The zero-order chi connectivity index (χ0) is 14.1. The molecule has 0 radical (unpaired) electrons. The Morgan fingerprint density at radius 1 is 1.39 bits per heavy atom. The van der Waals surface area contributed by atoms with E-state index in [4.69, 9.17) is 22.3 Å². The summed E-state index contributed by atoms with van der Waals surface area (Å²) >= 11 is 5.92. The van der Waals surface area contributed by atoms with Crippen LogP contribution in [0.5, 0.6) is 0 Å². The van der Waals surface area contributed by atoms with Crippen LogP contribution in [0.15, 0.2) is 17.0 Å². The fourth-order valence-electron chi connectivity index (χ4n) is 1.39. The molecular formula is C11H13Cl2NO3S. The molecule has 0 heterocycles. The van der Waals surface area contributed by atoms with Gasteiger partial charge in [-0.05, 0) is 31.5 Å². The normalized spacial score (nSPS) is 11.4. The summed E-state index contributed by atoms with van der Waals surface area (Å²) in [4.78, 5) is 13.3. The highest BCUT2D eigenvalue weighted by atomic mass is 35.7. The first-order chi connectivity index (χ1) is 8.18. The molecule has 0 saturated carbocycles. The van der Waals surface area contributed by atoms with Gasteiger partial charge in [0.25, 0.3) is 15.0 Å². The maximum Gasteiger partial charge on any atom is 0.261 e. The van der Waals surface area contributed by atoms with Gasteiger partial charge in [-0.2, -0.15) is 0 Å². The summed E-state index contributed by atoms with van der Waals surface area (Å²) in [5.74, 6) is -0.305. The second kappa shape index (κ2) is 5.47. The lowest BCUT2D eigenvalue weighted by Crippen LogP contribution is -2.26. The molecule has 7 heteroatoms. The van der Waals surface area contributed by atoms with Gasteiger partial charge in [-0.1, -0.05) is 11.6 Å². The van der Waals surface area contributed by atoms with Crippen molar-refractivity contribution in [1.29, 1.82) is 0 Å². The van der Waals surface area contributed by atoms with Gasteiger partial charge >= 0.3 is 0 Å². The average molecular weight is 310 g/mol. The lowest BCUT2D eigenvalue weighted by Gasteiger charge is -2.16. The molecule has 0 aliphatic rings. The van der Waals surface area contributed by atoms with Gasteiger partial charge in [0, 0.05) is 34.9 Å². The van der Waals surface area contributed by atoms with Crippen LogP contribution in [-0.4, -0.2) is 32.8 Å². The molecule has 0 fully saturated rings. The van der Waals surface area contributed by atoms with Crippen LogP contribution in [0.3, 0.4) is 0 Å². The highest BCUT2D eigenvalue weighted by Crippen LogP contribution is 2.28. The molecule has 0 aliphatic carbocycles. The SMILES string of the molecule is CCN(C)C(=O)c1cc(Cl)c(C)c(S(=O)(=O)Cl)c1. The van der Waals surface area contributed by atoms with Crippen molar-refractivity contribution in [3.05, 3.63) is 28.3 Å². The monoisotopic (exact) mass is 309 g/mol. The Labute approximate surface area is 116 Å². The molecule has 0 aliphatic heterocycles. The van der Waals surface area contributed by atoms with Crippen LogP contribution >= 0.6 is 22.3 Å². The van der Waals surface area contributed by atoms with Gasteiger partial charge in [0.15, 0.2) is 0 Å². The summed E-state index contributed by atoms with van der Waals surface area (Å²) in [6.07, 6.45) is 0. The molecule has 1 aromatic carbocycles. The molecule has 0 saturated heterocycles. The zero-order valence-corrected chi connectivity index (χ0v) is 12.5. The van der Waals surface area contributed by atoms with E-state index in [1.54, 1.807) is 7.05 Å². The van der Waals surface area contributed by atoms with E-state index in [-0.39, 0.29) is 21.4 Å². The number of benzene rings is 1. The molecule has 0 aromatic heterocycles. The molecule has 0 atom stereocenters. The Morgan fingerprint density at radius 2 is 1.94 bits per heavy atom.